The number of alkyl halides is 3. The Morgan fingerprint density at radius 3 is 2.58 bits per heavy atom. The smallest absolute Gasteiger partial charge is 0.434 e. The summed E-state index contributed by atoms with van der Waals surface area (Å²) in [6.07, 6.45) is 3.23. The average molecular weight is 442 g/mol. The number of carbonyl (C=O) groups is 2. The molecule has 1 unspecified atom stereocenters. The van der Waals surface area contributed by atoms with Crippen LogP contribution in [0.1, 0.15) is 49.9 Å². The van der Waals surface area contributed by atoms with Crippen LogP contribution in [-0.4, -0.2) is 60.0 Å². The van der Waals surface area contributed by atoms with E-state index in [1.54, 1.807) is 7.05 Å². The van der Waals surface area contributed by atoms with Crippen molar-refractivity contribution in [2.75, 3.05) is 26.7 Å². The van der Waals surface area contributed by atoms with Gasteiger partial charge in [-0.25, -0.2) is 4.98 Å². The van der Waals surface area contributed by atoms with Crippen molar-refractivity contribution in [1.82, 2.24) is 20.2 Å². The number of carbonyl (C=O) groups excluding carboxylic acids is 2. The zero-order chi connectivity index (χ0) is 22.5. The Labute approximate surface area is 179 Å². The van der Waals surface area contributed by atoms with Gasteiger partial charge in [0.15, 0.2) is 5.69 Å². The number of likely N-dealkylation sites (N-methyl/N-ethyl adjacent to an activating group) is 1. The molecule has 1 aliphatic heterocycles. The molecule has 172 valence electrons. The van der Waals surface area contributed by atoms with Gasteiger partial charge in [-0.2, -0.15) is 13.2 Å². The molecule has 1 saturated heterocycles. The minimum Gasteiger partial charge on any atom is -0.466 e. The summed E-state index contributed by atoms with van der Waals surface area (Å²) in [6.45, 7) is 2.20. The van der Waals surface area contributed by atoms with Gasteiger partial charge >= 0.3 is 6.18 Å². The van der Waals surface area contributed by atoms with Gasteiger partial charge in [0.25, 0.3) is 6.47 Å². The monoisotopic (exact) mass is 442 g/mol. The topological polar surface area (TPSA) is 84.4 Å². The summed E-state index contributed by atoms with van der Waals surface area (Å²) in [5.74, 6) is 0.509. The molecule has 1 atom stereocenters. The maximum absolute atomic E-state index is 12.6. The van der Waals surface area contributed by atoms with E-state index < -0.39 is 11.9 Å². The van der Waals surface area contributed by atoms with Crippen LogP contribution >= 0.6 is 0 Å². The van der Waals surface area contributed by atoms with E-state index in [4.69, 9.17) is 4.74 Å². The number of hydrogen-bond acceptors (Lipinski definition) is 6. The molecule has 1 amide bonds. The van der Waals surface area contributed by atoms with Crippen LogP contribution in [0.25, 0.3) is 0 Å². The van der Waals surface area contributed by atoms with Crippen molar-refractivity contribution in [2.24, 2.45) is 11.3 Å². The molecule has 1 aliphatic carbocycles. The van der Waals surface area contributed by atoms with E-state index in [1.807, 2.05) is 4.90 Å². The normalized spacial score (nSPS) is 19.7. The Morgan fingerprint density at radius 2 is 2.03 bits per heavy atom. The lowest BCUT2D eigenvalue weighted by molar-refractivity contribution is -0.146. The van der Waals surface area contributed by atoms with Gasteiger partial charge in [0.05, 0.1) is 11.9 Å². The Bertz CT molecular complexity index is 741. The number of likely N-dealkylation sites (tertiary alicyclic amines) is 1. The summed E-state index contributed by atoms with van der Waals surface area (Å²) < 4.78 is 42.6. The van der Waals surface area contributed by atoms with Crippen LogP contribution in [0, 0.1) is 11.3 Å². The lowest BCUT2D eigenvalue weighted by Gasteiger charge is -2.53. The highest BCUT2D eigenvalue weighted by atomic mass is 19.4. The molecule has 1 spiro atoms. The first-order chi connectivity index (χ1) is 14.7. The van der Waals surface area contributed by atoms with E-state index in [0.29, 0.717) is 37.3 Å². The molecule has 0 radical (unpaired) electrons. The number of hydrogen-bond donors (Lipinski definition) is 1. The highest BCUT2D eigenvalue weighted by Crippen LogP contribution is 2.46. The van der Waals surface area contributed by atoms with Crippen molar-refractivity contribution in [1.29, 1.82) is 0 Å². The highest BCUT2D eigenvalue weighted by Gasteiger charge is 2.46. The van der Waals surface area contributed by atoms with Crippen molar-refractivity contribution < 1.29 is 27.5 Å². The van der Waals surface area contributed by atoms with E-state index in [2.05, 4.69) is 15.3 Å². The van der Waals surface area contributed by atoms with Crippen LogP contribution in [0.2, 0.25) is 0 Å². The van der Waals surface area contributed by atoms with Crippen molar-refractivity contribution in [3.63, 3.8) is 0 Å². The molecule has 10 heteroatoms. The molecule has 2 aliphatic rings. The van der Waals surface area contributed by atoms with Crippen molar-refractivity contribution in [3.05, 3.63) is 23.8 Å². The Kier molecular flexibility index (Phi) is 7.51. The van der Waals surface area contributed by atoms with Crippen LogP contribution in [0.15, 0.2) is 12.4 Å². The zero-order valence-electron chi connectivity index (χ0n) is 17.7. The Hall–Kier alpha value is -2.23. The van der Waals surface area contributed by atoms with Gasteiger partial charge in [0.2, 0.25) is 5.91 Å². The maximum atomic E-state index is 12.6. The number of aromatic nitrogens is 2. The predicted molar refractivity (Wildman–Crippen MR) is 106 cm³/mol. The Balaban J connectivity index is 1.38. The third kappa shape index (κ3) is 6.15. The van der Waals surface area contributed by atoms with Crippen LogP contribution in [0.3, 0.4) is 0 Å². The van der Waals surface area contributed by atoms with Gasteiger partial charge in [-0.3, -0.25) is 14.6 Å². The minimum atomic E-state index is -4.46. The van der Waals surface area contributed by atoms with E-state index in [1.165, 1.54) is 6.20 Å². The largest absolute Gasteiger partial charge is 0.466 e. The molecular weight excluding hydrogens is 413 g/mol. The van der Waals surface area contributed by atoms with Crippen molar-refractivity contribution in [2.45, 2.75) is 57.2 Å². The fourth-order valence-corrected chi connectivity index (χ4v) is 4.57. The highest BCUT2D eigenvalue weighted by molar-refractivity contribution is 5.77. The molecule has 31 heavy (non-hydrogen) atoms. The molecule has 2 fully saturated rings. The molecule has 3 rings (SSSR count). The molecule has 0 aromatic carbocycles. The van der Waals surface area contributed by atoms with Gasteiger partial charge in [-0.15, -0.1) is 0 Å². The van der Waals surface area contributed by atoms with Gasteiger partial charge in [0.1, 0.15) is 6.61 Å². The fourth-order valence-electron chi connectivity index (χ4n) is 4.57. The second kappa shape index (κ2) is 9.93. The first-order valence-electron chi connectivity index (χ1n) is 10.6. The number of nitrogens with one attached hydrogen (secondary N) is 1. The summed E-state index contributed by atoms with van der Waals surface area (Å²) in [4.78, 5) is 32.1. The quantitative estimate of drug-likeness (QED) is 0.592. The van der Waals surface area contributed by atoms with Crippen LogP contribution in [-0.2, 0) is 26.9 Å². The number of halogens is 3. The molecule has 1 aromatic rings. The number of nitrogens with zero attached hydrogens (tertiary/aromatic N) is 3. The first-order valence-corrected chi connectivity index (χ1v) is 10.6. The molecule has 1 aromatic heterocycles. The summed E-state index contributed by atoms with van der Waals surface area (Å²) in [5, 5.41) is 3.04. The molecule has 2 heterocycles. The summed E-state index contributed by atoms with van der Waals surface area (Å²) in [6, 6.07) is -0.0341. The maximum Gasteiger partial charge on any atom is 0.434 e. The van der Waals surface area contributed by atoms with Gasteiger partial charge in [0, 0.05) is 37.2 Å². The van der Waals surface area contributed by atoms with E-state index in [0.717, 1.165) is 45.0 Å². The van der Waals surface area contributed by atoms with Crippen LogP contribution in [0.4, 0.5) is 13.2 Å². The second-order valence-corrected chi connectivity index (χ2v) is 8.74. The van der Waals surface area contributed by atoms with Crippen LogP contribution < -0.4 is 5.32 Å². The number of amides is 1. The fraction of sp³-hybridized carbons (Fsp3) is 0.714. The predicted octanol–water partition coefficient (Wildman–Crippen LogP) is 2.60. The summed E-state index contributed by atoms with van der Waals surface area (Å²) in [7, 11) is 1.77. The second-order valence-electron chi connectivity index (χ2n) is 8.74. The summed E-state index contributed by atoms with van der Waals surface area (Å²) in [5.41, 5.74) is -0.187. The van der Waals surface area contributed by atoms with E-state index >= 15 is 0 Å². The lowest BCUT2D eigenvalue weighted by Crippen LogP contribution is -2.59. The Morgan fingerprint density at radius 1 is 1.32 bits per heavy atom. The number of rotatable bonds is 9. The van der Waals surface area contributed by atoms with Gasteiger partial charge in [-0.05, 0) is 51.5 Å². The van der Waals surface area contributed by atoms with E-state index in [9.17, 15) is 22.8 Å². The average Bonchev–Trinajstić information content (AvgIpc) is 2.72. The van der Waals surface area contributed by atoms with Gasteiger partial charge < -0.3 is 15.0 Å². The van der Waals surface area contributed by atoms with Crippen molar-refractivity contribution in [3.8, 4) is 0 Å². The SMILES string of the molecule is CNC(CCC(=O)N1CC2(CCC(Cc3cnc(C(F)(F)F)cn3)CC2)C1)COC=O. The third-order valence-corrected chi connectivity index (χ3v) is 6.55. The molecule has 0 bridgehead atoms. The molecule has 1 N–H and O–H groups in total. The standard InChI is InChI=1S/C21H29F3N4O3/c1-25-16(11-31-14-29)2-3-19(30)28-12-20(13-28)6-4-15(5-7-20)8-17-9-27-18(10-26-17)21(22,23)24/h9-10,14-16,25H,2-8,11-13H2,1H3. The summed E-state index contributed by atoms with van der Waals surface area (Å²) >= 11 is 0. The van der Waals surface area contributed by atoms with Gasteiger partial charge in [-0.1, -0.05) is 0 Å². The van der Waals surface area contributed by atoms with Crippen LogP contribution in [0.5, 0.6) is 0 Å². The molecular formula is C21H29F3N4O3. The molecule has 7 nitrogen and oxygen atoms in total. The first kappa shape index (κ1) is 23.4. The minimum absolute atomic E-state index is 0.0341. The number of ether oxygens (including phenoxy) is 1. The van der Waals surface area contributed by atoms with E-state index in [-0.39, 0.29) is 24.0 Å². The third-order valence-electron chi connectivity index (χ3n) is 6.55. The molecule has 1 saturated carbocycles. The lowest BCUT2D eigenvalue weighted by atomic mass is 9.65. The van der Waals surface area contributed by atoms with Crippen molar-refractivity contribution >= 4 is 12.4 Å². The zero-order valence-corrected chi connectivity index (χ0v) is 17.7.